The van der Waals surface area contributed by atoms with Crippen LogP contribution >= 0.6 is 0 Å². The topological polar surface area (TPSA) is 67.3 Å². The average Bonchev–Trinajstić information content (AvgIpc) is 2.16. The lowest BCUT2D eigenvalue weighted by molar-refractivity contribution is 0.188. The maximum absolute atomic E-state index is 9.10. The molecular formula is C11H19N3O2. The summed E-state index contributed by atoms with van der Waals surface area (Å²) < 4.78 is 5.44. The molecule has 1 unspecified atom stereocenters. The zero-order valence-electron chi connectivity index (χ0n) is 9.97. The summed E-state index contributed by atoms with van der Waals surface area (Å²) in [5.41, 5.74) is 0. The Morgan fingerprint density at radius 2 is 2.19 bits per heavy atom. The Balaban J connectivity index is 2.47. The number of hydrogen-bond acceptors (Lipinski definition) is 5. The van der Waals surface area contributed by atoms with Crippen LogP contribution in [0, 0.1) is 0 Å². The number of aliphatic hydroxyl groups is 1. The first kappa shape index (κ1) is 12.7. The van der Waals surface area contributed by atoms with Crippen molar-refractivity contribution in [2.24, 2.45) is 0 Å². The molecule has 2 N–H and O–H groups in total. The van der Waals surface area contributed by atoms with Crippen LogP contribution in [0.1, 0.15) is 27.2 Å². The van der Waals surface area contributed by atoms with Crippen molar-refractivity contribution in [2.75, 3.05) is 11.9 Å². The lowest BCUT2D eigenvalue weighted by atomic mass is 10.3. The first-order chi connectivity index (χ1) is 7.58. The molecular weight excluding hydrogens is 206 g/mol. The highest BCUT2D eigenvalue weighted by molar-refractivity contribution is 5.27. The van der Waals surface area contributed by atoms with Crippen molar-refractivity contribution >= 4 is 5.95 Å². The van der Waals surface area contributed by atoms with Crippen LogP contribution in [0.3, 0.4) is 0 Å². The van der Waals surface area contributed by atoms with Gasteiger partial charge in [0.1, 0.15) is 0 Å². The van der Waals surface area contributed by atoms with Gasteiger partial charge in [-0.15, -0.1) is 0 Å². The van der Waals surface area contributed by atoms with Crippen LogP contribution in [-0.2, 0) is 0 Å². The van der Waals surface area contributed by atoms with Gasteiger partial charge in [0.2, 0.25) is 11.8 Å². The molecule has 0 aliphatic carbocycles. The van der Waals surface area contributed by atoms with Gasteiger partial charge < -0.3 is 15.2 Å². The van der Waals surface area contributed by atoms with Gasteiger partial charge in [0, 0.05) is 18.8 Å². The van der Waals surface area contributed by atoms with Crippen molar-refractivity contribution < 1.29 is 9.84 Å². The van der Waals surface area contributed by atoms with Gasteiger partial charge in [-0.1, -0.05) is 0 Å². The molecule has 5 heteroatoms. The lowest BCUT2D eigenvalue weighted by Gasteiger charge is -2.10. The largest absolute Gasteiger partial charge is 0.475 e. The van der Waals surface area contributed by atoms with E-state index in [-0.39, 0.29) is 12.2 Å². The van der Waals surface area contributed by atoms with E-state index in [9.17, 15) is 0 Å². The van der Waals surface area contributed by atoms with E-state index < -0.39 is 0 Å². The second-order valence-electron chi connectivity index (χ2n) is 3.95. The molecule has 0 fully saturated rings. The molecule has 5 nitrogen and oxygen atoms in total. The van der Waals surface area contributed by atoms with Crippen molar-refractivity contribution in [3.05, 3.63) is 12.3 Å². The van der Waals surface area contributed by atoms with E-state index in [0.717, 1.165) is 0 Å². The Morgan fingerprint density at radius 1 is 1.44 bits per heavy atom. The highest BCUT2D eigenvalue weighted by Gasteiger charge is 2.02. The van der Waals surface area contributed by atoms with Crippen LogP contribution < -0.4 is 10.1 Å². The zero-order valence-corrected chi connectivity index (χ0v) is 9.97. The third-order valence-electron chi connectivity index (χ3n) is 1.83. The molecule has 0 spiro atoms. The third kappa shape index (κ3) is 4.93. The minimum Gasteiger partial charge on any atom is -0.475 e. The van der Waals surface area contributed by atoms with Crippen molar-refractivity contribution in [1.82, 2.24) is 9.97 Å². The number of nitrogens with one attached hydrogen (secondary N) is 1. The predicted molar refractivity (Wildman–Crippen MR) is 62.6 cm³/mol. The monoisotopic (exact) mass is 225 g/mol. The molecule has 0 aliphatic rings. The summed E-state index contributed by atoms with van der Waals surface area (Å²) in [6.07, 6.45) is 2.09. The van der Waals surface area contributed by atoms with Gasteiger partial charge in [-0.2, -0.15) is 4.98 Å². The lowest BCUT2D eigenvalue weighted by Crippen LogP contribution is -2.12. The molecule has 0 radical (unpaired) electrons. The van der Waals surface area contributed by atoms with Crippen molar-refractivity contribution in [2.45, 2.75) is 39.4 Å². The van der Waals surface area contributed by atoms with Gasteiger partial charge >= 0.3 is 0 Å². The van der Waals surface area contributed by atoms with Gasteiger partial charge in [-0.25, -0.2) is 4.98 Å². The van der Waals surface area contributed by atoms with Gasteiger partial charge in [0.05, 0.1) is 12.2 Å². The molecule has 16 heavy (non-hydrogen) atoms. The van der Waals surface area contributed by atoms with Gasteiger partial charge in [-0.05, 0) is 27.2 Å². The standard InChI is InChI=1S/C11H19N3O2/c1-8(2)16-10-5-7-13-11(14-10)12-6-4-9(3)15/h5,7-9,15H,4,6H2,1-3H3,(H,12,13,14). The Labute approximate surface area is 95.9 Å². The van der Waals surface area contributed by atoms with Crippen molar-refractivity contribution in [3.8, 4) is 5.88 Å². The molecule has 0 amide bonds. The smallest absolute Gasteiger partial charge is 0.225 e. The van der Waals surface area contributed by atoms with Crippen LogP contribution in [-0.4, -0.2) is 33.8 Å². The number of aromatic nitrogens is 2. The second kappa shape index (κ2) is 6.27. The minimum atomic E-state index is -0.317. The molecule has 0 bridgehead atoms. The van der Waals surface area contributed by atoms with E-state index in [4.69, 9.17) is 9.84 Å². The second-order valence-corrected chi connectivity index (χ2v) is 3.95. The molecule has 1 aromatic rings. The predicted octanol–water partition coefficient (Wildman–Crippen LogP) is 1.45. The highest BCUT2D eigenvalue weighted by atomic mass is 16.5. The molecule has 0 saturated heterocycles. The Bertz CT molecular complexity index is 316. The van der Waals surface area contributed by atoms with Gasteiger partial charge in [0.15, 0.2) is 0 Å². The number of anilines is 1. The number of aliphatic hydroxyl groups excluding tert-OH is 1. The van der Waals surface area contributed by atoms with Crippen LogP contribution in [0.25, 0.3) is 0 Å². The molecule has 0 saturated carbocycles. The summed E-state index contributed by atoms with van der Waals surface area (Å²) in [5, 5.41) is 12.1. The van der Waals surface area contributed by atoms with E-state index in [1.54, 1.807) is 19.2 Å². The number of rotatable bonds is 6. The molecule has 90 valence electrons. The Morgan fingerprint density at radius 3 is 2.81 bits per heavy atom. The molecule has 1 rings (SSSR count). The minimum absolute atomic E-state index is 0.0974. The number of ether oxygens (including phenoxy) is 1. The SMILES string of the molecule is CC(O)CCNc1nccc(OC(C)C)n1. The van der Waals surface area contributed by atoms with E-state index >= 15 is 0 Å². The summed E-state index contributed by atoms with van der Waals surface area (Å²) in [6.45, 7) is 6.29. The first-order valence-corrected chi connectivity index (χ1v) is 5.49. The average molecular weight is 225 g/mol. The summed E-state index contributed by atoms with van der Waals surface area (Å²) >= 11 is 0. The van der Waals surface area contributed by atoms with E-state index in [1.165, 1.54) is 0 Å². The maximum atomic E-state index is 9.10. The van der Waals surface area contributed by atoms with Gasteiger partial charge in [-0.3, -0.25) is 0 Å². The van der Waals surface area contributed by atoms with Crippen LogP contribution in [0.15, 0.2) is 12.3 Å². The summed E-state index contributed by atoms with van der Waals surface area (Å²) in [5.74, 6) is 1.09. The fourth-order valence-corrected chi connectivity index (χ4v) is 1.13. The molecule has 1 heterocycles. The fraction of sp³-hybridized carbons (Fsp3) is 0.636. The van der Waals surface area contributed by atoms with Crippen molar-refractivity contribution in [1.29, 1.82) is 0 Å². The molecule has 1 atom stereocenters. The number of nitrogens with zero attached hydrogens (tertiary/aromatic N) is 2. The normalized spacial score (nSPS) is 12.6. The van der Waals surface area contributed by atoms with Gasteiger partial charge in [0.25, 0.3) is 0 Å². The first-order valence-electron chi connectivity index (χ1n) is 5.49. The molecule has 0 aliphatic heterocycles. The molecule has 1 aromatic heterocycles. The maximum Gasteiger partial charge on any atom is 0.225 e. The zero-order chi connectivity index (χ0) is 12.0. The van der Waals surface area contributed by atoms with E-state index in [0.29, 0.717) is 24.8 Å². The molecule has 0 aromatic carbocycles. The Hall–Kier alpha value is -1.36. The van der Waals surface area contributed by atoms with Crippen molar-refractivity contribution in [3.63, 3.8) is 0 Å². The van der Waals surface area contributed by atoms with Crippen LogP contribution in [0.4, 0.5) is 5.95 Å². The third-order valence-corrected chi connectivity index (χ3v) is 1.83. The fourth-order valence-electron chi connectivity index (χ4n) is 1.13. The van der Waals surface area contributed by atoms with E-state index in [1.807, 2.05) is 13.8 Å². The van der Waals surface area contributed by atoms with Crippen LogP contribution in [0.5, 0.6) is 5.88 Å². The Kier molecular flexibility index (Phi) is 4.98. The highest BCUT2D eigenvalue weighted by Crippen LogP contribution is 2.10. The number of hydrogen-bond donors (Lipinski definition) is 2. The summed E-state index contributed by atoms with van der Waals surface area (Å²) in [6, 6.07) is 1.72. The summed E-state index contributed by atoms with van der Waals surface area (Å²) in [4.78, 5) is 8.24. The van der Waals surface area contributed by atoms with Crippen LogP contribution in [0.2, 0.25) is 0 Å². The van der Waals surface area contributed by atoms with E-state index in [2.05, 4.69) is 15.3 Å². The summed E-state index contributed by atoms with van der Waals surface area (Å²) in [7, 11) is 0. The quantitative estimate of drug-likeness (QED) is 0.767.